The molecule has 3 heteroatoms. The Balaban J connectivity index is 2.09. The summed E-state index contributed by atoms with van der Waals surface area (Å²) in [5, 5.41) is 9.52. The number of fused-ring (bicyclic) bond motifs is 1. The molecule has 0 fully saturated rings. The molecule has 1 aromatic carbocycles. The third-order valence-corrected chi connectivity index (χ3v) is 2.32. The van der Waals surface area contributed by atoms with Crippen LogP contribution in [-0.2, 0) is 0 Å². The minimum absolute atomic E-state index is 0.350. The van der Waals surface area contributed by atoms with Gasteiger partial charge in [-0.15, -0.1) is 0 Å². The smallest absolute Gasteiger partial charge is 0.129 e. The van der Waals surface area contributed by atoms with E-state index < -0.39 is 6.10 Å². The molecule has 0 saturated carbocycles. The SMILES string of the molecule is CC(C)COc1ccc2c(c1)OCC2O. The quantitative estimate of drug-likeness (QED) is 0.827. The van der Waals surface area contributed by atoms with Crippen LogP contribution in [-0.4, -0.2) is 18.3 Å². The number of ether oxygens (including phenoxy) is 2. The molecule has 1 N–H and O–H groups in total. The van der Waals surface area contributed by atoms with Gasteiger partial charge in [0, 0.05) is 11.6 Å². The maximum atomic E-state index is 9.52. The molecule has 0 radical (unpaired) electrons. The third-order valence-electron chi connectivity index (χ3n) is 2.32. The van der Waals surface area contributed by atoms with Crippen molar-refractivity contribution in [2.45, 2.75) is 20.0 Å². The molecular weight excluding hydrogens is 192 g/mol. The zero-order valence-corrected chi connectivity index (χ0v) is 9.06. The Kier molecular flexibility index (Phi) is 2.82. The van der Waals surface area contributed by atoms with Gasteiger partial charge in [-0.3, -0.25) is 0 Å². The average Bonchev–Trinajstić information content (AvgIpc) is 2.57. The Morgan fingerprint density at radius 1 is 1.53 bits per heavy atom. The van der Waals surface area contributed by atoms with Gasteiger partial charge in [-0.05, 0) is 18.1 Å². The fraction of sp³-hybridized carbons (Fsp3) is 0.500. The molecule has 82 valence electrons. The molecular formula is C12H16O3. The first-order valence-electron chi connectivity index (χ1n) is 5.24. The average molecular weight is 208 g/mol. The summed E-state index contributed by atoms with van der Waals surface area (Å²) in [5.74, 6) is 2.05. The standard InChI is InChI=1S/C12H16O3/c1-8(2)6-14-9-3-4-10-11(13)7-15-12(10)5-9/h3-5,8,11,13H,6-7H2,1-2H3. The number of benzene rings is 1. The van der Waals surface area contributed by atoms with Crippen molar-refractivity contribution in [3.05, 3.63) is 23.8 Å². The van der Waals surface area contributed by atoms with Crippen LogP contribution in [0.5, 0.6) is 11.5 Å². The first kappa shape index (κ1) is 10.3. The van der Waals surface area contributed by atoms with E-state index in [0.717, 1.165) is 17.1 Å². The van der Waals surface area contributed by atoms with E-state index >= 15 is 0 Å². The minimum Gasteiger partial charge on any atom is -0.493 e. The van der Waals surface area contributed by atoms with Crippen LogP contribution in [0, 0.1) is 5.92 Å². The minimum atomic E-state index is -0.487. The van der Waals surface area contributed by atoms with E-state index in [0.29, 0.717) is 19.1 Å². The molecule has 1 unspecified atom stereocenters. The second kappa shape index (κ2) is 4.11. The lowest BCUT2D eigenvalue weighted by Crippen LogP contribution is -2.04. The highest BCUT2D eigenvalue weighted by atomic mass is 16.5. The van der Waals surface area contributed by atoms with Gasteiger partial charge in [0.25, 0.3) is 0 Å². The monoisotopic (exact) mass is 208 g/mol. The van der Waals surface area contributed by atoms with Crippen molar-refractivity contribution in [1.29, 1.82) is 0 Å². The molecule has 1 aliphatic rings. The Morgan fingerprint density at radius 3 is 3.07 bits per heavy atom. The fourth-order valence-electron chi connectivity index (χ4n) is 1.53. The van der Waals surface area contributed by atoms with Gasteiger partial charge in [0.15, 0.2) is 0 Å². The van der Waals surface area contributed by atoms with Crippen molar-refractivity contribution in [2.24, 2.45) is 5.92 Å². The van der Waals surface area contributed by atoms with Gasteiger partial charge < -0.3 is 14.6 Å². The second-order valence-electron chi connectivity index (χ2n) is 4.23. The zero-order valence-electron chi connectivity index (χ0n) is 9.06. The summed E-state index contributed by atoms with van der Waals surface area (Å²) in [7, 11) is 0. The number of aliphatic hydroxyl groups is 1. The Morgan fingerprint density at radius 2 is 2.33 bits per heavy atom. The van der Waals surface area contributed by atoms with Crippen LogP contribution in [0.15, 0.2) is 18.2 Å². The predicted octanol–water partition coefficient (Wildman–Crippen LogP) is 2.15. The van der Waals surface area contributed by atoms with Crippen LogP contribution in [0.1, 0.15) is 25.5 Å². The van der Waals surface area contributed by atoms with Gasteiger partial charge in [-0.25, -0.2) is 0 Å². The number of rotatable bonds is 3. The van der Waals surface area contributed by atoms with E-state index in [1.54, 1.807) is 0 Å². The molecule has 1 aliphatic heterocycles. The van der Waals surface area contributed by atoms with E-state index in [1.807, 2.05) is 18.2 Å². The highest BCUT2D eigenvalue weighted by Crippen LogP contribution is 2.35. The van der Waals surface area contributed by atoms with E-state index in [-0.39, 0.29) is 0 Å². The lowest BCUT2D eigenvalue weighted by atomic mass is 10.1. The molecule has 3 nitrogen and oxygen atoms in total. The van der Waals surface area contributed by atoms with Crippen LogP contribution in [0.25, 0.3) is 0 Å². The molecule has 0 aliphatic carbocycles. The third kappa shape index (κ3) is 2.23. The van der Waals surface area contributed by atoms with E-state index in [4.69, 9.17) is 9.47 Å². The second-order valence-corrected chi connectivity index (χ2v) is 4.23. The molecule has 15 heavy (non-hydrogen) atoms. The van der Waals surface area contributed by atoms with Gasteiger partial charge in [0.05, 0.1) is 6.61 Å². The summed E-state index contributed by atoms with van der Waals surface area (Å²) in [4.78, 5) is 0. The van der Waals surface area contributed by atoms with Crippen LogP contribution >= 0.6 is 0 Å². The molecule has 0 saturated heterocycles. The number of hydrogen-bond acceptors (Lipinski definition) is 3. The molecule has 0 bridgehead atoms. The summed E-state index contributed by atoms with van der Waals surface area (Å²) >= 11 is 0. The topological polar surface area (TPSA) is 38.7 Å². The Labute approximate surface area is 89.6 Å². The molecule has 1 aromatic rings. The Hall–Kier alpha value is -1.22. The lowest BCUT2D eigenvalue weighted by molar-refractivity contribution is 0.140. The van der Waals surface area contributed by atoms with Crippen molar-refractivity contribution >= 4 is 0 Å². The molecule has 0 spiro atoms. The summed E-state index contributed by atoms with van der Waals surface area (Å²) in [6.07, 6.45) is -0.487. The largest absolute Gasteiger partial charge is 0.493 e. The number of aliphatic hydroxyl groups excluding tert-OH is 1. The molecule has 1 heterocycles. The van der Waals surface area contributed by atoms with Gasteiger partial charge in [0.2, 0.25) is 0 Å². The highest BCUT2D eigenvalue weighted by molar-refractivity contribution is 5.44. The van der Waals surface area contributed by atoms with Crippen molar-refractivity contribution in [1.82, 2.24) is 0 Å². The first-order valence-corrected chi connectivity index (χ1v) is 5.24. The van der Waals surface area contributed by atoms with E-state index in [1.165, 1.54) is 0 Å². The van der Waals surface area contributed by atoms with Crippen molar-refractivity contribution < 1.29 is 14.6 Å². The van der Waals surface area contributed by atoms with Crippen molar-refractivity contribution in [3.63, 3.8) is 0 Å². The van der Waals surface area contributed by atoms with Crippen LogP contribution in [0.4, 0.5) is 0 Å². The van der Waals surface area contributed by atoms with Crippen LogP contribution < -0.4 is 9.47 Å². The highest BCUT2D eigenvalue weighted by Gasteiger charge is 2.21. The lowest BCUT2D eigenvalue weighted by Gasteiger charge is -2.09. The summed E-state index contributed by atoms with van der Waals surface area (Å²) in [6.45, 7) is 5.26. The number of hydrogen-bond donors (Lipinski definition) is 1. The van der Waals surface area contributed by atoms with Crippen molar-refractivity contribution in [3.8, 4) is 11.5 Å². The normalized spacial score (nSPS) is 18.8. The maximum Gasteiger partial charge on any atom is 0.129 e. The molecule has 0 amide bonds. The van der Waals surface area contributed by atoms with Crippen LogP contribution in [0.2, 0.25) is 0 Å². The van der Waals surface area contributed by atoms with Gasteiger partial charge in [-0.1, -0.05) is 13.8 Å². The molecule has 2 rings (SSSR count). The summed E-state index contributed by atoms with van der Waals surface area (Å²) in [6, 6.07) is 5.58. The zero-order chi connectivity index (χ0) is 10.8. The fourth-order valence-corrected chi connectivity index (χ4v) is 1.53. The molecule has 0 aromatic heterocycles. The summed E-state index contributed by atoms with van der Waals surface area (Å²) in [5.41, 5.74) is 0.854. The van der Waals surface area contributed by atoms with Crippen LogP contribution in [0.3, 0.4) is 0 Å². The van der Waals surface area contributed by atoms with E-state index in [2.05, 4.69) is 13.8 Å². The molecule has 1 atom stereocenters. The van der Waals surface area contributed by atoms with Gasteiger partial charge >= 0.3 is 0 Å². The summed E-state index contributed by atoms with van der Waals surface area (Å²) < 4.78 is 10.9. The van der Waals surface area contributed by atoms with Crippen molar-refractivity contribution in [2.75, 3.05) is 13.2 Å². The van der Waals surface area contributed by atoms with Gasteiger partial charge in [-0.2, -0.15) is 0 Å². The maximum absolute atomic E-state index is 9.52. The Bertz CT molecular complexity index is 347. The predicted molar refractivity (Wildman–Crippen MR) is 57.2 cm³/mol. The first-order chi connectivity index (χ1) is 7.16. The van der Waals surface area contributed by atoms with Gasteiger partial charge in [0.1, 0.15) is 24.2 Å². The van der Waals surface area contributed by atoms with E-state index in [9.17, 15) is 5.11 Å².